The van der Waals surface area contributed by atoms with Gasteiger partial charge in [0.05, 0.1) is 24.6 Å². The number of ether oxygens (including phenoxy) is 1. The lowest BCUT2D eigenvalue weighted by Crippen LogP contribution is -2.17. The highest BCUT2D eigenvalue weighted by Gasteiger charge is 2.15. The fraction of sp³-hybridized carbons (Fsp3) is 0.263. The van der Waals surface area contributed by atoms with Crippen LogP contribution in [0.2, 0.25) is 0 Å². The first-order valence-electron chi connectivity index (χ1n) is 8.92. The predicted molar refractivity (Wildman–Crippen MR) is 107 cm³/mol. The molecule has 3 aromatic rings. The molecule has 10 heteroatoms. The third-order valence-corrected chi connectivity index (χ3v) is 4.17. The summed E-state index contributed by atoms with van der Waals surface area (Å²) < 4.78 is 21.1. The molecule has 0 aliphatic heterocycles. The number of hydrogen-bond acceptors (Lipinski definition) is 7. The zero-order chi connectivity index (χ0) is 21.0. The maximum atomic E-state index is 14.2. The lowest BCUT2D eigenvalue weighted by atomic mass is 10.2. The molecule has 1 aromatic carbocycles. The number of nitrogens with zero attached hydrogens (tertiary/aromatic N) is 4. The van der Waals surface area contributed by atoms with Crippen LogP contribution in [0.3, 0.4) is 0 Å². The number of anilines is 3. The first-order chi connectivity index (χ1) is 13.9. The van der Waals surface area contributed by atoms with Crippen molar-refractivity contribution in [3.8, 4) is 5.75 Å². The van der Waals surface area contributed by atoms with Gasteiger partial charge >= 0.3 is 0 Å². The molecule has 0 saturated carbocycles. The number of rotatable bonds is 8. The van der Waals surface area contributed by atoms with E-state index < -0.39 is 11.7 Å². The Labute approximate surface area is 167 Å². The number of amides is 1. The molecule has 0 spiro atoms. The van der Waals surface area contributed by atoms with Gasteiger partial charge in [0.15, 0.2) is 0 Å². The molecule has 0 unspecified atom stereocenters. The van der Waals surface area contributed by atoms with Crippen molar-refractivity contribution in [2.24, 2.45) is 5.73 Å². The van der Waals surface area contributed by atoms with Crippen LogP contribution in [-0.4, -0.2) is 32.8 Å². The van der Waals surface area contributed by atoms with Crippen molar-refractivity contribution in [3.05, 3.63) is 53.7 Å². The average Bonchev–Trinajstić information content (AvgIpc) is 3.15. The molecule has 29 heavy (non-hydrogen) atoms. The van der Waals surface area contributed by atoms with Crippen LogP contribution < -0.4 is 21.1 Å². The summed E-state index contributed by atoms with van der Waals surface area (Å²) >= 11 is 0. The number of nitrogens with one attached hydrogen (secondary N) is 2. The predicted octanol–water partition coefficient (Wildman–Crippen LogP) is 2.86. The van der Waals surface area contributed by atoms with Crippen molar-refractivity contribution in [1.82, 2.24) is 19.7 Å². The summed E-state index contributed by atoms with van der Waals surface area (Å²) in [5.41, 5.74) is 6.49. The SMILES string of the molecule is COc1cccc(F)c1CNc1nc(Nc2cnn(C(C)C)c2)ncc1C(N)=O. The Morgan fingerprint density at radius 2 is 2.14 bits per heavy atom. The van der Waals surface area contributed by atoms with Gasteiger partial charge < -0.3 is 21.1 Å². The van der Waals surface area contributed by atoms with E-state index in [1.807, 2.05) is 20.0 Å². The fourth-order valence-electron chi connectivity index (χ4n) is 2.64. The van der Waals surface area contributed by atoms with Crippen LogP contribution in [0.4, 0.5) is 21.8 Å². The Balaban J connectivity index is 1.84. The summed E-state index contributed by atoms with van der Waals surface area (Å²) in [5, 5.41) is 10.2. The number of halogens is 1. The van der Waals surface area contributed by atoms with Gasteiger partial charge in [-0.05, 0) is 26.0 Å². The largest absolute Gasteiger partial charge is 0.496 e. The third kappa shape index (κ3) is 4.60. The molecular formula is C19H22FN7O2. The summed E-state index contributed by atoms with van der Waals surface area (Å²) in [6.07, 6.45) is 4.77. The second kappa shape index (κ2) is 8.55. The van der Waals surface area contributed by atoms with Crippen molar-refractivity contribution in [2.45, 2.75) is 26.4 Å². The lowest BCUT2D eigenvalue weighted by molar-refractivity contribution is 0.100. The maximum absolute atomic E-state index is 14.2. The molecule has 0 aliphatic carbocycles. The second-order valence-electron chi connectivity index (χ2n) is 6.52. The number of hydrogen-bond donors (Lipinski definition) is 3. The Hall–Kier alpha value is -3.69. The van der Waals surface area contributed by atoms with E-state index in [9.17, 15) is 9.18 Å². The average molecular weight is 399 g/mol. The smallest absolute Gasteiger partial charge is 0.254 e. The second-order valence-corrected chi connectivity index (χ2v) is 6.52. The highest BCUT2D eigenvalue weighted by molar-refractivity contribution is 5.97. The van der Waals surface area contributed by atoms with E-state index in [4.69, 9.17) is 10.5 Å². The Morgan fingerprint density at radius 1 is 1.34 bits per heavy atom. The molecule has 0 fully saturated rings. The molecule has 0 atom stereocenters. The van der Waals surface area contributed by atoms with E-state index >= 15 is 0 Å². The quantitative estimate of drug-likeness (QED) is 0.533. The number of benzene rings is 1. The van der Waals surface area contributed by atoms with E-state index in [0.29, 0.717) is 17.0 Å². The van der Waals surface area contributed by atoms with Crippen LogP contribution in [0.1, 0.15) is 35.8 Å². The van der Waals surface area contributed by atoms with Gasteiger partial charge in [0.1, 0.15) is 17.4 Å². The van der Waals surface area contributed by atoms with Crippen molar-refractivity contribution < 1.29 is 13.9 Å². The Bertz CT molecular complexity index is 1020. The van der Waals surface area contributed by atoms with Crippen LogP contribution in [0.25, 0.3) is 0 Å². The van der Waals surface area contributed by atoms with Crippen molar-refractivity contribution >= 4 is 23.4 Å². The molecule has 0 aliphatic rings. The van der Waals surface area contributed by atoms with Gasteiger partial charge in [0.2, 0.25) is 5.95 Å². The zero-order valence-electron chi connectivity index (χ0n) is 16.3. The highest BCUT2D eigenvalue weighted by Crippen LogP contribution is 2.24. The minimum Gasteiger partial charge on any atom is -0.496 e. The summed E-state index contributed by atoms with van der Waals surface area (Å²) in [6, 6.07) is 4.73. The minimum atomic E-state index is -0.702. The van der Waals surface area contributed by atoms with Crippen LogP contribution in [0, 0.1) is 5.82 Å². The van der Waals surface area contributed by atoms with E-state index in [2.05, 4.69) is 25.7 Å². The van der Waals surface area contributed by atoms with Gasteiger partial charge in [-0.15, -0.1) is 0 Å². The van der Waals surface area contributed by atoms with Crippen molar-refractivity contribution in [2.75, 3.05) is 17.7 Å². The Kier molecular flexibility index (Phi) is 5.91. The fourth-order valence-corrected chi connectivity index (χ4v) is 2.64. The first-order valence-corrected chi connectivity index (χ1v) is 8.92. The van der Waals surface area contributed by atoms with Gasteiger partial charge in [0, 0.05) is 30.5 Å². The molecule has 2 aromatic heterocycles. The molecule has 2 heterocycles. The monoisotopic (exact) mass is 399 g/mol. The van der Waals surface area contributed by atoms with E-state index in [1.165, 1.54) is 19.4 Å². The van der Waals surface area contributed by atoms with Crippen molar-refractivity contribution in [3.63, 3.8) is 0 Å². The van der Waals surface area contributed by atoms with E-state index in [0.717, 1.165) is 0 Å². The molecule has 9 nitrogen and oxygen atoms in total. The number of carbonyl (C=O) groups excluding carboxylic acids is 1. The molecule has 0 saturated heterocycles. The van der Waals surface area contributed by atoms with Crippen LogP contribution in [-0.2, 0) is 6.54 Å². The molecule has 4 N–H and O–H groups in total. The van der Waals surface area contributed by atoms with E-state index in [1.54, 1.807) is 23.0 Å². The number of aromatic nitrogens is 4. The normalized spacial score (nSPS) is 10.8. The highest BCUT2D eigenvalue weighted by atomic mass is 19.1. The molecular weight excluding hydrogens is 377 g/mol. The first kappa shape index (κ1) is 20.1. The van der Waals surface area contributed by atoms with Crippen molar-refractivity contribution in [1.29, 1.82) is 0 Å². The topological polar surface area (TPSA) is 120 Å². The van der Waals surface area contributed by atoms with Crippen LogP contribution >= 0.6 is 0 Å². The molecule has 0 radical (unpaired) electrons. The van der Waals surface area contributed by atoms with Gasteiger partial charge in [-0.3, -0.25) is 9.48 Å². The van der Waals surface area contributed by atoms with Crippen LogP contribution in [0.5, 0.6) is 5.75 Å². The van der Waals surface area contributed by atoms with Gasteiger partial charge in [-0.25, -0.2) is 9.37 Å². The van der Waals surface area contributed by atoms with Crippen LogP contribution in [0.15, 0.2) is 36.8 Å². The van der Waals surface area contributed by atoms with Gasteiger partial charge in [-0.1, -0.05) is 6.07 Å². The summed E-state index contributed by atoms with van der Waals surface area (Å²) in [7, 11) is 1.46. The Morgan fingerprint density at radius 3 is 2.79 bits per heavy atom. The molecule has 1 amide bonds. The standard InChI is InChI=1S/C19H22FN7O2/c1-11(2)27-10-12(7-24-27)25-19-23-9-14(17(21)28)18(26-19)22-8-13-15(20)5-4-6-16(13)29-3/h4-7,9-11H,8H2,1-3H3,(H2,21,28)(H2,22,23,25,26). The number of nitrogens with two attached hydrogens (primary N) is 1. The van der Waals surface area contributed by atoms with E-state index in [-0.39, 0.29) is 29.9 Å². The summed E-state index contributed by atoms with van der Waals surface area (Å²) in [6.45, 7) is 4.06. The maximum Gasteiger partial charge on any atom is 0.254 e. The summed E-state index contributed by atoms with van der Waals surface area (Å²) in [5.74, 6) is -0.345. The number of primary amides is 1. The molecule has 152 valence electrons. The molecule has 0 bridgehead atoms. The number of carbonyl (C=O) groups is 1. The zero-order valence-corrected chi connectivity index (χ0v) is 16.3. The lowest BCUT2D eigenvalue weighted by Gasteiger charge is -2.13. The summed E-state index contributed by atoms with van der Waals surface area (Å²) in [4.78, 5) is 20.2. The number of methoxy groups -OCH3 is 1. The van der Waals surface area contributed by atoms with Gasteiger partial charge in [-0.2, -0.15) is 10.1 Å². The van der Waals surface area contributed by atoms with Gasteiger partial charge in [0.25, 0.3) is 5.91 Å². The molecule has 3 rings (SSSR count). The third-order valence-electron chi connectivity index (χ3n) is 4.17. The minimum absolute atomic E-state index is 0.0395.